The van der Waals surface area contributed by atoms with Crippen LogP contribution in [0.1, 0.15) is 11.7 Å². The van der Waals surface area contributed by atoms with Gasteiger partial charge in [0, 0.05) is 57.2 Å². The van der Waals surface area contributed by atoms with Crippen LogP contribution >= 0.6 is 0 Å². The summed E-state index contributed by atoms with van der Waals surface area (Å²) < 4.78 is 0. The Balaban J connectivity index is 1.87. The maximum atomic E-state index is 4.24. The van der Waals surface area contributed by atoms with E-state index in [2.05, 4.69) is 26.2 Å². The molecule has 2 aliphatic heterocycles. The first-order valence-corrected chi connectivity index (χ1v) is 6.04. The van der Waals surface area contributed by atoms with Crippen LogP contribution in [0.4, 0.5) is 0 Å². The lowest BCUT2D eigenvalue weighted by atomic mass is 10.2. The fourth-order valence-corrected chi connectivity index (χ4v) is 2.72. The van der Waals surface area contributed by atoms with Crippen molar-refractivity contribution in [3.05, 3.63) is 30.1 Å². The van der Waals surface area contributed by atoms with Crippen molar-refractivity contribution in [3.8, 4) is 0 Å². The molecule has 2 fully saturated rings. The van der Waals surface area contributed by atoms with Gasteiger partial charge in [-0.15, -0.1) is 0 Å². The van der Waals surface area contributed by atoms with Gasteiger partial charge >= 0.3 is 0 Å². The number of fused-ring (bicyclic) bond motifs is 2. The van der Waals surface area contributed by atoms with Gasteiger partial charge in [0.05, 0.1) is 6.17 Å². The third-order valence-electron chi connectivity index (χ3n) is 3.50. The van der Waals surface area contributed by atoms with Gasteiger partial charge < -0.3 is 5.32 Å². The third kappa shape index (κ3) is 1.84. The summed E-state index contributed by atoms with van der Waals surface area (Å²) in [6, 6.07) is 4.23. The van der Waals surface area contributed by atoms with Crippen LogP contribution in [0.25, 0.3) is 0 Å². The van der Waals surface area contributed by atoms with Crippen molar-refractivity contribution in [2.75, 3.05) is 39.3 Å². The molecule has 1 aromatic heterocycles. The van der Waals surface area contributed by atoms with Gasteiger partial charge in [0.1, 0.15) is 0 Å². The normalized spacial score (nSPS) is 34.4. The Morgan fingerprint density at radius 3 is 2.50 bits per heavy atom. The predicted molar refractivity (Wildman–Crippen MR) is 63.0 cm³/mol. The highest BCUT2D eigenvalue weighted by Gasteiger charge is 2.33. The van der Waals surface area contributed by atoms with E-state index in [1.165, 1.54) is 18.7 Å². The van der Waals surface area contributed by atoms with Gasteiger partial charge in [0.25, 0.3) is 0 Å². The third-order valence-corrected chi connectivity index (χ3v) is 3.50. The molecular formula is C12H18N4. The maximum absolute atomic E-state index is 4.24. The SMILES string of the molecule is c1cncc(C2N3CCNCCN2CC3)c1. The Labute approximate surface area is 96.3 Å². The minimum atomic E-state index is 0.454. The van der Waals surface area contributed by atoms with Gasteiger partial charge in [-0.25, -0.2) is 0 Å². The summed E-state index contributed by atoms with van der Waals surface area (Å²) in [5, 5.41) is 3.46. The highest BCUT2D eigenvalue weighted by molar-refractivity contribution is 5.15. The van der Waals surface area contributed by atoms with E-state index in [0.717, 1.165) is 26.2 Å². The number of aromatic nitrogens is 1. The second-order valence-electron chi connectivity index (χ2n) is 4.48. The van der Waals surface area contributed by atoms with Crippen LogP contribution in [-0.2, 0) is 0 Å². The fraction of sp³-hybridized carbons (Fsp3) is 0.583. The second-order valence-corrected chi connectivity index (χ2v) is 4.48. The number of pyridine rings is 1. The second kappa shape index (κ2) is 4.49. The highest BCUT2D eigenvalue weighted by atomic mass is 15.4. The molecule has 0 saturated carbocycles. The average Bonchev–Trinajstić information content (AvgIpc) is 2.74. The van der Waals surface area contributed by atoms with E-state index in [4.69, 9.17) is 0 Å². The number of hydrogen-bond acceptors (Lipinski definition) is 4. The van der Waals surface area contributed by atoms with E-state index in [9.17, 15) is 0 Å². The Bertz CT molecular complexity index is 326. The number of nitrogens with zero attached hydrogens (tertiary/aromatic N) is 3. The smallest absolute Gasteiger partial charge is 0.0903 e. The van der Waals surface area contributed by atoms with Crippen molar-refractivity contribution >= 4 is 0 Å². The monoisotopic (exact) mass is 218 g/mol. The summed E-state index contributed by atoms with van der Waals surface area (Å²) in [5.41, 5.74) is 1.34. The van der Waals surface area contributed by atoms with Gasteiger partial charge in [-0.2, -0.15) is 0 Å². The molecule has 0 amide bonds. The lowest BCUT2D eigenvalue weighted by Gasteiger charge is -2.32. The molecule has 0 aromatic carbocycles. The molecule has 2 unspecified atom stereocenters. The van der Waals surface area contributed by atoms with Crippen molar-refractivity contribution in [2.45, 2.75) is 6.17 Å². The van der Waals surface area contributed by atoms with Crippen LogP contribution in [0, 0.1) is 0 Å². The van der Waals surface area contributed by atoms with E-state index in [-0.39, 0.29) is 0 Å². The Morgan fingerprint density at radius 2 is 1.88 bits per heavy atom. The number of rotatable bonds is 1. The Morgan fingerprint density at radius 1 is 1.12 bits per heavy atom. The molecule has 2 bridgehead atoms. The molecule has 2 aliphatic rings. The molecule has 1 aromatic rings. The van der Waals surface area contributed by atoms with Crippen LogP contribution in [0.2, 0.25) is 0 Å². The molecule has 2 saturated heterocycles. The molecule has 4 nitrogen and oxygen atoms in total. The fourth-order valence-electron chi connectivity index (χ4n) is 2.72. The van der Waals surface area contributed by atoms with E-state index in [1.54, 1.807) is 0 Å². The molecule has 4 heteroatoms. The average molecular weight is 218 g/mol. The summed E-state index contributed by atoms with van der Waals surface area (Å²) in [5.74, 6) is 0. The van der Waals surface area contributed by atoms with Crippen LogP contribution in [-0.4, -0.2) is 54.1 Å². The quantitative estimate of drug-likeness (QED) is 0.734. The van der Waals surface area contributed by atoms with Crippen molar-refractivity contribution in [1.29, 1.82) is 0 Å². The van der Waals surface area contributed by atoms with Crippen LogP contribution in [0.5, 0.6) is 0 Å². The van der Waals surface area contributed by atoms with Crippen LogP contribution < -0.4 is 5.32 Å². The largest absolute Gasteiger partial charge is 0.314 e. The van der Waals surface area contributed by atoms with Crippen molar-refractivity contribution in [3.63, 3.8) is 0 Å². The van der Waals surface area contributed by atoms with Crippen molar-refractivity contribution in [2.24, 2.45) is 0 Å². The van der Waals surface area contributed by atoms with E-state index in [1.807, 2.05) is 18.5 Å². The summed E-state index contributed by atoms with van der Waals surface area (Å²) in [4.78, 5) is 9.33. The zero-order valence-corrected chi connectivity index (χ0v) is 9.47. The summed E-state index contributed by atoms with van der Waals surface area (Å²) >= 11 is 0. The molecule has 0 aliphatic carbocycles. The molecular weight excluding hydrogens is 200 g/mol. The zero-order chi connectivity index (χ0) is 10.8. The van der Waals surface area contributed by atoms with Gasteiger partial charge in [0.15, 0.2) is 0 Å². The van der Waals surface area contributed by atoms with Crippen molar-refractivity contribution < 1.29 is 0 Å². The first-order chi connectivity index (χ1) is 7.95. The molecule has 3 heterocycles. The predicted octanol–water partition coefficient (Wildman–Crippen LogP) is 0.301. The van der Waals surface area contributed by atoms with Crippen LogP contribution in [0.15, 0.2) is 24.5 Å². The van der Waals surface area contributed by atoms with Crippen molar-refractivity contribution in [1.82, 2.24) is 20.1 Å². The standard InChI is InChI=1S/C12H18N4/c1-2-11(10-14-3-1)12-15-6-4-13-5-7-16(12)9-8-15/h1-3,10,12-13H,4-9H2. The van der Waals surface area contributed by atoms with E-state index < -0.39 is 0 Å². The topological polar surface area (TPSA) is 31.4 Å². The molecule has 16 heavy (non-hydrogen) atoms. The summed E-state index contributed by atoms with van der Waals surface area (Å²) in [6.07, 6.45) is 4.31. The van der Waals surface area contributed by atoms with Gasteiger partial charge in [-0.05, 0) is 6.07 Å². The van der Waals surface area contributed by atoms with Crippen LogP contribution in [0.3, 0.4) is 0 Å². The summed E-state index contributed by atoms with van der Waals surface area (Å²) in [7, 11) is 0. The van der Waals surface area contributed by atoms with Gasteiger partial charge in [0.2, 0.25) is 0 Å². The molecule has 3 rings (SSSR count). The molecule has 1 N–H and O–H groups in total. The molecule has 2 atom stereocenters. The van der Waals surface area contributed by atoms with Gasteiger partial charge in [-0.3, -0.25) is 14.8 Å². The van der Waals surface area contributed by atoms with E-state index in [0.29, 0.717) is 6.17 Å². The maximum Gasteiger partial charge on any atom is 0.0903 e. The first-order valence-electron chi connectivity index (χ1n) is 6.04. The number of hydrogen-bond donors (Lipinski definition) is 1. The minimum Gasteiger partial charge on any atom is -0.314 e. The van der Waals surface area contributed by atoms with E-state index >= 15 is 0 Å². The highest BCUT2D eigenvalue weighted by Crippen LogP contribution is 2.29. The summed E-state index contributed by atoms with van der Waals surface area (Å²) in [6.45, 7) is 6.84. The zero-order valence-electron chi connectivity index (χ0n) is 9.47. The molecule has 86 valence electrons. The first kappa shape index (κ1) is 10.2. The number of nitrogens with one attached hydrogen (secondary N) is 1. The lowest BCUT2D eigenvalue weighted by Crippen LogP contribution is -2.42. The minimum absolute atomic E-state index is 0.454. The molecule has 0 radical (unpaired) electrons. The Hall–Kier alpha value is -0.970. The van der Waals surface area contributed by atoms with Gasteiger partial charge in [-0.1, -0.05) is 6.07 Å². The lowest BCUT2D eigenvalue weighted by molar-refractivity contribution is 0.125. The molecule has 0 spiro atoms. The Kier molecular flexibility index (Phi) is 2.86.